The normalized spacial score (nSPS) is 24.8. The van der Waals surface area contributed by atoms with E-state index < -0.39 is 23.1 Å². The highest BCUT2D eigenvalue weighted by molar-refractivity contribution is 5.98. The Labute approximate surface area is 360 Å². The van der Waals surface area contributed by atoms with Crippen LogP contribution in [0.5, 0.6) is 23.0 Å². The fourth-order valence-electron chi connectivity index (χ4n) is 11.6. The molecule has 0 radical (unpaired) electrons. The summed E-state index contributed by atoms with van der Waals surface area (Å²) in [5.74, 6) is 1.43. The van der Waals surface area contributed by atoms with Crippen molar-refractivity contribution in [2.45, 2.75) is 62.6 Å². The summed E-state index contributed by atoms with van der Waals surface area (Å²) in [7, 11) is 0. The lowest BCUT2D eigenvalue weighted by molar-refractivity contribution is 0.0207. The summed E-state index contributed by atoms with van der Waals surface area (Å²) in [4.78, 5) is 28.2. The van der Waals surface area contributed by atoms with Crippen LogP contribution in [0.3, 0.4) is 0 Å². The van der Waals surface area contributed by atoms with Crippen LogP contribution in [0.2, 0.25) is 0 Å². The van der Waals surface area contributed by atoms with E-state index in [1.54, 1.807) is 0 Å². The van der Waals surface area contributed by atoms with Crippen molar-refractivity contribution in [2.75, 3.05) is 62.6 Å². The molecule has 8 heterocycles. The van der Waals surface area contributed by atoms with Crippen LogP contribution in [0.15, 0.2) is 97.1 Å². The van der Waals surface area contributed by atoms with E-state index in [1.165, 1.54) is 0 Å². The second-order valence-corrected chi connectivity index (χ2v) is 17.9. The molecule has 0 N–H and O–H groups in total. The number of hydrazine groups is 4. The van der Waals surface area contributed by atoms with Crippen molar-refractivity contribution in [1.82, 2.24) is 20.0 Å². The van der Waals surface area contributed by atoms with Crippen molar-refractivity contribution >= 4 is 23.3 Å². The third kappa shape index (κ3) is 5.15. The van der Waals surface area contributed by atoms with Gasteiger partial charge in [-0.25, -0.2) is 39.9 Å². The molecule has 0 saturated carbocycles. The smallest absolute Gasteiger partial charge is 0.340 e. The highest BCUT2D eigenvalue weighted by atomic mass is 16.6. The zero-order chi connectivity index (χ0) is 41.2. The Morgan fingerprint density at radius 2 is 0.742 bits per heavy atom. The standard InChI is InChI=1S/C50H48N6O6/c57-47-35-13-1-3-15-37(35)49(61-47)39-19-17-33(55(51-21-5-6-22-51)52-23-7-8-24-52)29-43(39)59-45-32-46-42(31-41(45)49)50(38-16-4-2-14-36(38)48(58)62-50)40-20-18-34(30-44(40)60-46)56(53-25-9-10-26-53)54-27-11-12-28-54/h1-4,13-20,29-32H,5-12,21-28H2. The highest BCUT2D eigenvalue weighted by Crippen LogP contribution is 2.62. The van der Waals surface area contributed by atoms with Gasteiger partial charge in [0, 0.05) is 104 Å². The van der Waals surface area contributed by atoms with Crippen LogP contribution in [0, 0.1) is 0 Å². The number of fused-ring (bicyclic) bond motifs is 12. The van der Waals surface area contributed by atoms with Crippen LogP contribution in [-0.2, 0) is 20.7 Å². The largest absolute Gasteiger partial charge is 0.456 e. The first-order valence-corrected chi connectivity index (χ1v) is 22.6. The summed E-state index contributed by atoms with van der Waals surface area (Å²) in [5, 5.41) is 14.5. The summed E-state index contributed by atoms with van der Waals surface area (Å²) in [5.41, 5.74) is 4.55. The fraction of sp³-hybridized carbons (Fsp3) is 0.360. The average Bonchev–Trinajstić information content (AvgIpc) is 4.17. The van der Waals surface area contributed by atoms with E-state index in [1.807, 2.05) is 60.7 Å². The molecule has 314 valence electrons. The topological polar surface area (TPSA) is 90.5 Å². The van der Waals surface area contributed by atoms with Gasteiger partial charge in [-0.1, -0.05) is 36.4 Å². The Balaban J connectivity index is 1.01. The van der Waals surface area contributed by atoms with Crippen LogP contribution in [-0.4, -0.2) is 84.3 Å². The van der Waals surface area contributed by atoms with Gasteiger partial charge in [0.25, 0.3) is 0 Å². The van der Waals surface area contributed by atoms with E-state index >= 15 is 0 Å². The van der Waals surface area contributed by atoms with Crippen molar-refractivity contribution in [3.63, 3.8) is 0 Å². The van der Waals surface area contributed by atoms with Crippen molar-refractivity contribution in [2.24, 2.45) is 0 Å². The van der Waals surface area contributed by atoms with Gasteiger partial charge in [-0.3, -0.25) is 0 Å². The molecule has 0 aliphatic carbocycles. The van der Waals surface area contributed by atoms with Crippen molar-refractivity contribution in [1.29, 1.82) is 0 Å². The lowest BCUT2D eigenvalue weighted by Crippen LogP contribution is -2.51. The van der Waals surface area contributed by atoms with Gasteiger partial charge < -0.3 is 18.9 Å². The molecule has 0 aromatic heterocycles. The molecule has 0 bridgehead atoms. The van der Waals surface area contributed by atoms with Gasteiger partial charge in [-0.15, -0.1) is 0 Å². The van der Waals surface area contributed by atoms with Gasteiger partial charge in [0.05, 0.1) is 22.5 Å². The number of rotatable bonds is 6. The van der Waals surface area contributed by atoms with E-state index in [0.717, 1.165) is 137 Å². The molecule has 5 aromatic rings. The minimum Gasteiger partial charge on any atom is -0.456 e. The van der Waals surface area contributed by atoms with Gasteiger partial charge in [-0.05, 0) is 93.8 Å². The first-order valence-electron chi connectivity index (χ1n) is 22.6. The third-order valence-electron chi connectivity index (χ3n) is 14.4. The Kier molecular flexibility index (Phi) is 8.16. The van der Waals surface area contributed by atoms with Crippen LogP contribution in [0.25, 0.3) is 0 Å². The van der Waals surface area contributed by atoms with Crippen molar-refractivity contribution < 1.29 is 28.5 Å². The van der Waals surface area contributed by atoms with Gasteiger partial charge in [0.15, 0.2) is 11.2 Å². The number of hydrogen-bond donors (Lipinski definition) is 0. The summed E-state index contributed by atoms with van der Waals surface area (Å²) < 4.78 is 27.6. The molecule has 13 rings (SSSR count). The van der Waals surface area contributed by atoms with Gasteiger partial charge in [0.1, 0.15) is 23.0 Å². The Bertz CT molecular complexity index is 2470. The minimum absolute atomic E-state index is 0.404. The van der Waals surface area contributed by atoms with Crippen LogP contribution in [0.1, 0.15) is 105 Å². The zero-order valence-electron chi connectivity index (χ0n) is 34.7. The van der Waals surface area contributed by atoms with E-state index in [9.17, 15) is 9.59 Å². The molecule has 4 saturated heterocycles. The first-order chi connectivity index (χ1) is 30.5. The number of ether oxygens (including phenoxy) is 4. The second-order valence-electron chi connectivity index (χ2n) is 17.9. The van der Waals surface area contributed by atoms with Gasteiger partial charge in [-0.2, -0.15) is 0 Å². The summed E-state index contributed by atoms with van der Waals surface area (Å²) in [6.45, 7) is 7.91. The highest BCUT2D eigenvalue weighted by Gasteiger charge is 2.58. The number of anilines is 2. The molecular weight excluding hydrogens is 781 g/mol. The third-order valence-corrected chi connectivity index (χ3v) is 14.4. The molecule has 8 aliphatic rings. The summed E-state index contributed by atoms with van der Waals surface area (Å²) in [6, 6.07) is 31.8. The van der Waals surface area contributed by atoms with Gasteiger partial charge >= 0.3 is 11.9 Å². The molecule has 2 spiro atoms. The summed E-state index contributed by atoms with van der Waals surface area (Å²) >= 11 is 0. The fourth-order valence-corrected chi connectivity index (χ4v) is 11.6. The number of hydrogen-bond acceptors (Lipinski definition) is 12. The molecule has 4 fully saturated rings. The molecular formula is C50H48N6O6. The molecule has 8 aliphatic heterocycles. The number of carbonyl (C=O) groups is 2. The monoisotopic (exact) mass is 828 g/mol. The van der Waals surface area contributed by atoms with E-state index in [0.29, 0.717) is 45.3 Å². The molecule has 5 aromatic carbocycles. The lowest BCUT2D eigenvalue weighted by Gasteiger charge is -2.43. The van der Waals surface area contributed by atoms with Crippen LogP contribution in [0.4, 0.5) is 11.4 Å². The second kappa shape index (κ2) is 13.8. The van der Waals surface area contributed by atoms with Crippen LogP contribution >= 0.6 is 0 Å². The maximum absolute atomic E-state index is 14.1. The van der Waals surface area contributed by atoms with Crippen LogP contribution < -0.4 is 19.7 Å². The molecule has 2 atom stereocenters. The van der Waals surface area contributed by atoms with E-state index in [2.05, 4.69) is 66.7 Å². The quantitative estimate of drug-likeness (QED) is 0.154. The maximum atomic E-state index is 14.1. The number of nitrogens with zero attached hydrogens (tertiary/aromatic N) is 6. The maximum Gasteiger partial charge on any atom is 0.340 e. The predicted octanol–water partition coefficient (Wildman–Crippen LogP) is 8.48. The number of benzene rings is 5. The predicted molar refractivity (Wildman–Crippen MR) is 231 cm³/mol. The SMILES string of the molecule is O=C1OC2(c3ccc(N(N4CCCC4)N4CCCC4)cc3Oc3cc4c(cc32)C2(OC(=O)c3ccccc32)c2ccc(N(N3CCCC3)N3CCCC3)cc2O4)c2ccccc21. The van der Waals surface area contributed by atoms with E-state index in [-0.39, 0.29) is 0 Å². The van der Waals surface area contributed by atoms with Gasteiger partial charge in [0.2, 0.25) is 0 Å². The molecule has 2 unspecified atom stereocenters. The Hall–Kier alpha value is -5.92. The molecule has 0 amide bonds. The molecule has 12 nitrogen and oxygen atoms in total. The van der Waals surface area contributed by atoms with Crippen molar-refractivity contribution in [3.8, 4) is 23.0 Å². The zero-order valence-corrected chi connectivity index (χ0v) is 34.7. The Morgan fingerprint density at radius 3 is 1.13 bits per heavy atom. The first kappa shape index (κ1) is 36.7. The number of esters is 2. The van der Waals surface area contributed by atoms with Crippen molar-refractivity contribution in [3.05, 3.63) is 142 Å². The summed E-state index contributed by atoms with van der Waals surface area (Å²) in [6.07, 6.45) is 9.23. The Morgan fingerprint density at radius 1 is 0.387 bits per heavy atom. The number of carbonyl (C=O) groups excluding carboxylic acids is 2. The van der Waals surface area contributed by atoms with E-state index in [4.69, 9.17) is 18.9 Å². The molecule has 12 heteroatoms. The lowest BCUT2D eigenvalue weighted by atomic mass is 9.73. The average molecular weight is 829 g/mol. The molecule has 62 heavy (non-hydrogen) atoms. The minimum atomic E-state index is -1.35.